The summed E-state index contributed by atoms with van der Waals surface area (Å²) in [7, 11) is 0. The quantitative estimate of drug-likeness (QED) is 0.793. The van der Waals surface area contributed by atoms with E-state index in [1.165, 1.54) is 38.9 Å². The zero-order valence-corrected chi connectivity index (χ0v) is 13.4. The molecule has 1 saturated heterocycles. The molecule has 0 unspecified atom stereocenters. The SMILES string of the molecule is CC1CC[NH+](CCCCOc2ccccc2Br)CC1. The molecule has 1 aromatic rings. The Morgan fingerprint density at radius 1 is 1.21 bits per heavy atom. The molecule has 0 atom stereocenters. The molecule has 0 radical (unpaired) electrons. The molecule has 1 N–H and O–H groups in total. The van der Waals surface area contributed by atoms with Crippen molar-refractivity contribution in [1.29, 1.82) is 0 Å². The van der Waals surface area contributed by atoms with Gasteiger partial charge in [0.2, 0.25) is 0 Å². The normalized spacial score (nSPS) is 23.3. The van der Waals surface area contributed by atoms with Crippen LogP contribution in [0, 0.1) is 5.92 Å². The van der Waals surface area contributed by atoms with Crippen LogP contribution in [0.4, 0.5) is 0 Å². The molecule has 1 aliphatic heterocycles. The minimum atomic E-state index is 0.826. The lowest BCUT2D eigenvalue weighted by Crippen LogP contribution is -3.13. The molecule has 1 aliphatic rings. The predicted molar refractivity (Wildman–Crippen MR) is 82.8 cm³/mol. The first kappa shape index (κ1) is 14.9. The zero-order chi connectivity index (χ0) is 13.5. The number of para-hydroxylation sites is 1. The molecule has 19 heavy (non-hydrogen) atoms. The molecule has 1 fully saturated rings. The van der Waals surface area contributed by atoms with E-state index in [0.717, 1.165) is 29.2 Å². The highest BCUT2D eigenvalue weighted by molar-refractivity contribution is 9.10. The van der Waals surface area contributed by atoms with Crippen LogP contribution in [0.15, 0.2) is 28.7 Å². The van der Waals surface area contributed by atoms with E-state index in [-0.39, 0.29) is 0 Å². The summed E-state index contributed by atoms with van der Waals surface area (Å²) in [5.74, 6) is 1.91. The Morgan fingerprint density at radius 3 is 2.68 bits per heavy atom. The van der Waals surface area contributed by atoms with E-state index < -0.39 is 0 Å². The van der Waals surface area contributed by atoms with Crippen molar-refractivity contribution in [2.45, 2.75) is 32.6 Å². The van der Waals surface area contributed by atoms with Crippen LogP contribution in [0.25, 0.3) is 0 Å². The van der Waals surface area contributed by atoms with Crippen molar-refractivity contribution in [2.24, 2.45) is 5.92 Å². The Kier molecular flexibility index (Phi) is 6.18. The number of quaternary nitrogens is 1. The maximum atomic E-state index is 5.79. The van der Waals surface area contributed by atoms with Crippen LogP contribution < -0.4 is 9.64 Å². The van der Waals surface area contributed by atoms with Crippen molar-refractivity contribution in [2.75, 3.05) is 26.2 Å². The summed E-state index contributed by atoms with van der Waals surface area (Å²) in [5, 5.41) is 0. The Labute approximate surface area is 125 Å². The van der Waals surface area contributed by atoms with Gasteiger partial charge >= 0.3 is 0 Å². The van der Waals surface area contributed by atoms with Gasteiger partial charge in [-0.3, -0.25) is 0 Å². The number of ether oxygens (including phenoxy) is 1. The number of halogens is 1. The molecule has 0 aliphatic carbocycles. The summed E-state index contributed by atoms with van der Waals surface area (Å²) in [5.41, 5.74) is 0. The Bertz CT molecular complexity index is 375. The van der Waals surface area contributed by atoms with Gasteiger partial charge in [-0.15, -0.1) is 0 Å². The number of benzene rings is 1. The summed E-state index contributed by atoms with van der Waals surface area (Å²) in [6.07, 6.45) is 5.24. The van der Waals surface area contributed by atoms with Gasteiger partial charge in [0, 0.05) is 0 Å². The van der Waals surface area contributed by atoms with Gasteiger partial charge in [0.15, 0.2) is 0 Å². The minimum absolute atomic E-state index is 0.826. The summed E-state index contributed by atoms with van der Waals surface area (Å²) in [4.78, 5) is 1.79. The second-order valence-corrected chi connectivity index (χ2v) is 6.52. The average Bonchev–Trinajstić information content (AvgIpc) is 2.42. The molecule has 106 valence electrons. The van der Waals surface area contributed by atoms with E-state index in [9.17, 15) is 0 Å². The third-order valence-electron chi connectivity index (χ3n) is 4.00. The van der Waals surface area contributed by atoms with Crippen molar-refractivity contribution >= 4 is 15.9 Å². The lowest BCUT2D eigenvalue weighted by atomic mass is 9.99. The van der Waals surface area contributed by atoms with Crippen LogP contribution in [0.3, 0.4) is 0 Å². The van der Waals surface area contributed by atoms with Crippen molar-refractivity contribution in [3.63, 3.8) is 0 Å². The van der Waals surface area contributed by atoms with Gasteiger partial charge in [-0.25, -0.2) is 0 Å². The summed E-state index contributed by atoms with van der Waals surface area (Å²) in [6, 6.07) is 8.06. The summed E-state index contributed by atoms with van der Waals surface area (Å²) in [6.45, 7) is 7.25. The highest BCUT2D eigenvalue weighted by Crippen LogP contribution is 2.23. The smallest absolute Gasteiger partial charge is 0.133 e. The largest absolute Gasteiger partial charge is 0.492 e. The second-order valence-electron chi connectivity index (χ2n) is 5.67. The molecule has 2 rings (SSSR count). The Hall–Kier alpha value is -0.540. The Balaban J connectivity index is 1.56. The van der Waals surface area contributed by atoms with Crippen LogP contribution in [0.5, 0.6) is 5.75 Å². The third-order valence-corrected chi connectivity index (χ3v) is 4.66. The van der Waals surface area contributed by atoms with Crippen LogP contribution in [-0.2, 0) is 0 Å². The van der Waals surface area contributed by atoms with Crippen molar-refractivity contribution < 1.29 is 9.64 Å². The molecule has 2 nitrogen and oxygen atoms in total. The van der Waals surface area contributed by atoms with Gasteiger partial charge in [-0.1, -0.05) is 19.1 Å². The van der Waals surface area contributed by atoms with Crippen LogP contribution in [0.1, 0.15) is 32.6 Å². The van der Waals surface area contributed by atoms with Crippen molar-refractivity contribution in [3.8, 4) is 5.75 Å². The molecular formula is C16H25BrNO+. The van der Waals surface area contributed by atoms with E-state index >= 15 is 0 Å². The van der Waals surface area contributed by atoms with Crippen molar-refractivity contribution in [1.82, 2.24) is 0 Å². The van der Waals surface area contributed by atoms with Crippen LogP contribution >= 0.6 is 15.9 Å². The number of rotatable bonds is 6. The first-order chi connectivity index (χ1) is 9.25. The van der Waals surface area contributed by atoms with E-state index in [4.69, 9.17) is 4.74 Å². The number of likely N-dealkylation sites (tertiary alicyclic amines) is 1. The predicted octanol–water partition coefficient (Wildman–Crippen LogP) is 2.92. The van der Waals surface area contributed by atoms with E-state index in [0.29, 0.717) is 0 Å². The van der Waals surface area contributed by atoms with Gasteiger partial charge in [0.25, 0.3) is 0 Å². The first-order valence-electron chi connectivity index (χ1n) is 7.46. The maximum absolute atomic E-state index is 5.79. The average molecular weight is 327 g/mol. The number of hydrogen-bond donors (Lipinski definition) is 1. The second kappa shape index (κ2) is 7.91. The monoisotopic (exact) mass is 326 g/mol. The van der Waals surface area contributed by atoms with Gasteiger partial charge in [-0.2, -0.15) is 0 Å². The molecule has 1 aromatic carbocycles. The van der Waals surface area contributed by atoms with Gasteiger partial charge in [0.05, 0.1) is 30.7 Å². The van der Waals surface area contributed by atoms with Gasteiger partial charge < -0.3 is 9.64 Å². The molecule has 0 amide bonds. The van der Waals surface area contributed by atoms with Crippen LogP contribution in [-0.4, -0.2) is 26.2 Å². The number of nitrogens with one attached hydrogen (secondary N) is 1. The highest BCUT2D eigenvalue weighted by Gasteiger charge is 2.17. The third kappa shape index (κ3) is 5.15. The fourth-order valence-electron chi connectivity index (χ4n) is 2.64. The van der Waals surface area contributed by atoms with Crippen molar-refractivity contribution in [3.05, 3.63) is 28.7 Å². The van der Waals surface area contributed by atoms with Gasteiger partial charge in [-0.05, 0) is 59.7 Å². The van der Waals surface area contributed by atoms with Gasteiger partial charge in [0.1, 0.15) is 5.75 Å². The number of hydrogen-bond acceptors (Lipinski definition) is 1. The molecule has 0 bridgehead atoms. The number of unbranched alkanes of at least 4 members (excludes halogenated alkanes) is 1. The fourth-order valence-corrected chi connectivity index (χ4v) is 3.04. The number of piperidine rings is 1. The molecule has 3 heteroatoms. The molecular weight excluding hydrogens is 302 g/mol. The minimum Gasteiger partial charge on any atom is -0.492 e. The Morgan fingerprint density at radius 2 is 1.95 bits per heavy atom. The van der Waals surface area contributed by atoms with E-state index in [1.54, 1.807) is 4.90 Å². The lowest BCUT2D eigenvalue weighted by molar-refractivity contribution is -0.906. The molecule has 1 heterocycles. The van der Waals surface area contributed by atoms with Crippen LogP contribution in [0.2, 0.25) is 0 Å². The summed E-state index contributed by atoms with van der Waals surface area (Å²) < 4.78 is 6.83. The topological polar surface area (TPSA) is 13.7 Å². The van der Waals surface area contributed by atoms with E-state index in [2.05, 4.69) is 22.9 Å². The first-order valence-corrected chi connectivity index (χ1v) is 8.26. The maximum Gasteiger partial charge on any atom is 0.133 e. The summed E-state index contributed by atoms with van der Waals surface area (Å²) >= 11 is 3.50. The molecule has 0 spiro atoms. The van der Waals surface area contributed by atoms with E-state index in [1.807, 2.05) is 24.3 Å². The lowest BCUT2D eigenvalue weighted by Gasteiger charge is -2.27. The standard InChI is InChI=1S/C16H24BrNO/c1-14-8-11-18(12-9-14)10-4-5-13-19-16-7-3-2-6-15(16)17/h2-3,6-7,14H,4-5,8-13H2,1H3/p+1. The molecule has 0 saturated carbocycles. The fraction of sp³-hybridized carbons (Fsp3) is 0.625. The highest BCUT2D eigenvalue weighted by atomic mass is 79.9. The zero-order valence-electron chi connectivity index (χ0n) is 11.8. The molecule has 0 aromatic heterocycles.